The number of aromatic nitrogens is 3. The molecule has 0 bridgehead atoms. The van der Waals surface area contributed by atoms with Crippen molar-refractivity contribution in [1.82, 2.24) is 14.6 Å². The van der Waals surface area contributed by atoms with Gasteiger partial charge in [-0.15, -0.1) is 10.2 Å². The van der Waals surface area contributed by atoms with Gasteiger partial charge in [-0.05, 0) is 18.6 Å². The average Bonchev–Trinajstić information content (AvgIpc) is 2.59. The van der Waals surface area contributed by atoms with Crippen LogP contribution in [0.3, 0.4) is 0 Å². The van der Waals surface area contributed by atoms with E-state index in [9.17, 15) is 4.79 Å². The molecule has 15 heavy (non-hydrogen) atoms. The van der Waals surface area contributed by atoms with Crippen molar-refractivity contribution >= 4 is 11.6 Å². The second-order valence-corrected chi connectivity index (χ2v) is 3.25. The highest BCUT2D eigenvalue weighted by molar-refractivity contribution is 5.75. The van der Waals surface area contributed by atoms with Gasteiger partial charge in [0.05, 0.1) is 0 Å². The summed E-state index contributed by atoms with van der Waals surface area (Å²) in [7, 11) is 0. The molecule has 2 aromatic rings. The number of carbonyl (C=O) groups is 1. The molecule has 6 heteroatoms. The van der Waals surface area contributed by atoms with Gasteiger partial charge in [0.2, 0.25) is 0 Å². The summed E-state index contributed by atoms with van der Waals surface area (Å²) in [5, 5.41) is 16.5. The lowest BCUT2D eigenvalue weighted by molar-refractivity contribution is -0.138. The van der Waals surface area contributed by atoms with E-state index in [2.05, 4.69) is 10.2 Å². The van der Waals surface area contributed by atoms with Crippen LogP contribution in [0.5, 0.6) is 0 Å². The maximum absolute atomic E-state index is 10.7. The van der Waals surface area contributed by atoms with Gasteiger partial charge in [0, 0.05) is 6.20 Å². The zero-order chi connectivity index (χ0) is 11.0. The second-order valence-electron chi connectivity index (χ2n) is 3.25. The van der Waals surface area contributed by atoms with Gasteiger partial charge >= 0.3 is 5.97 Å². The first-order valence-electron chi connectivity index (χ1n) is 4.39. The van der Waals surface area contributed by atoms with Crippen LogP contribution in [0.15, 0.2) is 18.3 Å². The first kappa shape index (κ1) is 9.60. The molecule has 0 amide bonds. The molecule has 1 unspecified atom stereocenters. The van der Waals surface area contributed by atoms with Crippen molar-refractivity contribution in [3.05, 3.63) is 29.7 Å². The Bertz CT molecular complexity index is 520. The van der Waals surface area contributed by atoms with E-state index in [1.807, 2.05) is 0 Å². The highest BCUT2D eigenvalue weighted by atomic mass is 16.4. The largest absolute Gasteiger partial charge is 0.480 e. The molecule has 0 saturated heterocycles. The van der Waals surface area contributed by atoms with Crippen LogP contribution < -0.4 is 5.73 Å². The summed E-state index contributed by atoms with van der Waals surface area (Å²) >= 11 is 0. The van der Waals surface area contributed by atoms with E-state index in [1.54, 1.807) is 29.7 Å². The van der Waals surface area contributed by atoms with Crippen LogP contribution in [0.4, 0.5) is 0 Å². The molecule has 1 atom stereocenters. The maximum atomic E-state index is 10.7. The topological polar surface area (TPSA) is 93.5 Å². The Balaban J connectivity index is 2.54. The number of aryl methyl sites for hydroxylation is 1. The van der Waals surface area contributed by atoms with Crippen LogP contribution >= 0.6 is 0 Å². The molecule has 0 aliphatic carbocycles. The fourth-order valence-electron chi connectivity index (χ4n) is 1.35. The number of aliphatic carboxylic acids is 1. The quantitative estimate of drug-likeness (QED) is 0.728. The summed E-state index contributed by atoms with van der Waals surface area (Å²) in [6.45, 7) is 1.79. The van der Waals surface area contributed by atoms with Crippen molar-refractivity contribution in [1.29, 1.82) is 0 Å². The molecule has 0 aliphatic rings. The van der Waals surface area contributed by atoms with Crippen molar-refractivity contribution < 1.29 is 9.90 Å². The van der Waals surface area contributed by atoms with E-state index in [0.717, 1.165) is 0 Å². The molecule has 2 rings (SSSR count). The molecular weight excluding hydrogens is 196 g/mol. The third kappa shape index (κ3) is 1.55. The van der Waals surface area contributed by atoms with Crippen molar-refractivity contribution in [2.45, 2.75) is 13.0 Å². The number of carboxylic acid groups (broad SMARTS) is 1. The van der Waals surface area contributed by atoms with E-state index in [-0.39, 0.29) is 0 Å². The number of hydrogen-bond acceptors (Lipinski definition) is 4. The van der Waals surface area contributed by atoms with Crippen LogP contribution in [0.2, 0.25) is 0 Å². The Labute approximate surface area is 85.3 Å². The van der Waals surface area contributed by atoms with Crippen LogP contribution in [-0.4, -0.2) is 25.7 Å². The molecule has 0 radical (unpaired) electrons. The molecule has 3 N–H and O–H groups in total. The number of carboxylic acids is 1. The first-order chi connectivity index (χ1) is 7.09. The summed E-state index contributed by atoms with van der Waals surface area (Å²) in [4.78, 5) is 10.7. The molecule has 0 aliphatic heterocycles. The minimum absolute atomic E-state index is 0.526. The molecule has 0 saturated carbocycles. The maximum Gasteiger partial charge on any atom is 0.325 e. The van der Waals surface area contributed by atoms with Gasteiger partial charge in [0.15, 0.2) is 5.65 Å². The molecular formula is C9H10N4O2. The zero-order valence-corrected chi connectivity index (χ0v) is 8.08. The fourth-order valence-corrected chi connectivity index (χ4v) is 1.35. The molecule has 6 nitrogen and oxygen atoms in total. The van der Waals surface area contributed by atoms with E-state index < -0.39 is 12.0 Å². The number of rotatable bonds is 2. The Morgan fingerprint density at radius 3 is 2.93 bits per heavy atom. The van der Waals surface area contributed by atoms with Gasteiger partial charge in [-0.3, -0.25) is 9.20 Å². The summed E-state index contributed by atoms with van der Waals surface area (Å²) in [6.07, 6.45) is 1.64. The third-order valence-electron chi connectivity index (χ3n) is 2.22. The molecule has 0 spiro atoms. The lowest BCUT2D eigenvalue weighted by Crippen LogP contribution is -2.20. The molecule has 0 fully saturated rings. The summed E-state index contributed by atoms with van der Waals surface area (Å²) in [5.41, 5.74) is 6.69. The molecule has 0 aromatic carbocycles. The Morgan fingerprint density at radius 1 is 1.53 bits per heavy atom. The first-order valence-corrected chi connectivity index (χ1v) is 4.39. The van der Waals surface area contributed by atoms with Gasteiger partial charge < -0.3 is 10.8 Å². The Morgan fingerprint density at radius 2 is 2.27 bits per heavy atom. The number of nitrogens with two attached hydrogens (primary N) is 1. The highest BCUT2D eigenvalue weighted by Gasteiger charge is 2.15. The Hall–Kier alpha value is -1.95. The molecule has 2 aromatic heterocycles. The van der Waals surface area contributed by atoms with Crippen LogP contribution in [0.1, 0.15) is 17.4 Å². The van der Waals surface area contributed by atoms with Crippen molar-refractivity contribution in [2.24, 2.45) is 5.73 Å². The lowest BCUT2D eigenvalue weighted by Gasteiger charge is -2.06. The van der Waals surface area contributed by atoms with Crippen molar-refractivity contribution in [3.8, 4) is 0 Å². The predicted molar refractivity (Wildman–Crippen MR) is 52.3 cm³/mol. The predicted octanol–water partition coefficient (Wildman–Crippen LogP) is 0.122. The summed E-state index contributed by atoms with van der Waals surface area (Å²) in [6, 6.07) is 2.32. The van der Waals surface area contributed by atoms with Gasteiger partial charge in [0.1, 0.15) is 11.9 Å². The lowest BCUT2D eigenvalue weighted by atomic mass is 10.1. The van der Waals surface area contributed by atoms with Gasteiger partial charge in [-0.2, -0.15) is 0 Å². The van der Waals surface area contributed by atoms with Crippen molar-refractivity contribution in [3.63, 3.8) is 0 Å². The summed E-state index contributed by atoms with van der Waals surface area (Å²) < 4.78 is 1.71. The normalized spacial score (nSPS) is 12.9. The van der Waals surface area contributed by atoms with Crippen molar-refractivity contribution in [2.75, 3.05) is 0 Å². The minimum Gasteiger partial charge on any atom is -0.480 e. The van der Waals surface area contributed by atoms with Gasteiger partial charge in [-0.25, -0.2) is 0 Å². The third-order valence-corrected chi connectivity index (χ3v) is 2.22. The van der Waals surface area contributed by atoms with E-state index in [1.165, 1.54) is 0 Å². The van der Waals surface area contributed by atoms with E-state index in [0.29, 0.717) is 17.0 Å². The Kier molecular flexibility index (Phi) is 2.12. The van der Waals surface area contributed by atoms with Gasteiger partial charge in [0.25, 0.3) is 0 Å². The van der Waals surface area contributed by atoms with Crippen LogP contribution in [-0.2, 0) is 4.79 Å². The smallest absolute Gasteiger partial charge is 0.325 e. The van der Waals surface area contributed by atoms with Crippen LogP contribution in [0.25, 0.3) is 5.65 Å². The SMILES string of the molecule is Cc1nnc2ccc(C(N)C(=O)O)cn12. The monoisotopic (exact) mass is 206 g/mol. The average molecular weight is 206 g/mol. The standard InChI is InChI=1S/C9H10N4O2/c1-5-11-12-7-3-2-6(4-13(5)7)8(10)9(14)15/h2-4,8H,10H2,1H3,(H,14,15). The van der Waals surface area contributed by atoms with E-state index >= 15 is 0 Å². The summed E-state index contributed by atoms with van der Waals surface area (Å²) in [5.74, 6) is -0.357. The van der Waals surface area contributed by atoms with Gasteiger partial charge in [-0.1, -0.05) is 6.07 Å². The number of hydrogen-bond donors (Lipinski definition) is 2. The number of fused-ring (bicyclic) bond motifs is 1. The number of nitrogens with zero attached hydrogens (tertiary/aromatic N) is 3. The number of pyridine rings is 1. The fraction of sp³-hybridized carbons (Fsp3) is 0.222. The minimum atomic E-state index is -1.06. The van der Waals surface area contributed by atoms with Crippen LogP contribution in [0, 0.1) is 6.92 Å². The molecule has 78 valence electrons. The molecule has 2 heterocycles. The van der Waals surface area contributed by atoms with E-state index in [4.69, 9.17) is 10.8 Å². The zero-order valence-electron chi connectivity index (χ0n) is 8.08. The second kappa shape index (κ2) is 3.32. The highest BCUT2D eigenvalue weighted by Crippen LogP contribution is 2.12.